The maximum absolute atomic E-state index is 4.37. The van der Waals surface area contributed by atoms with Gasteiger partial charge >= 0.3 is 0 Å². The van der Waals surface area contributed by atoms with Crippen LogP contribution in [0.2, 0.25) is 0 Å². The molecule has 0 amide bonds. The van der Waals surface area contributed by atoms with Crippen LogP contribution in [0, 0.1) is 0 Å². The first-order valence-corrected chi connectivity index (χ1v) is 10.7. The molecule has 144 valence electrons. The number of hydrogen-bond donors (Lipinski definition) is 2. The van der Waals surface area contributed by atoms with Crippen LogP contribution in [0.5, 0.6) is 0 Å². The van der Waals surface area contributed by atoms with Gasteiger partial charge in [-0.25, -0.2) is 0 Å². The van der Waals surface area contributed by atoms with Crippen molar-refractivity contribution in [1.29, 1.82) is 0 Å². The number of nitrogens with zero attached hydrogens (tertiary/aromatic N) is 2. The van der Waals surface area contributed by atoms with Gasteiger partial charge < -0.3 is 10.6 Å². The number of halogens is 1. The molecule has 26 heavy (non-hydrogen) atoms. The van der Waals surface area contributed by atoms with Crippen molar-refractivity contribution < 1.29 is 0 Å². The predicted molar refractivity (Wildman–Crippen MR) is 125 cm³/mol. The summed E-state index contributed by atoms with van der Waals surface area (Å²) in [5.74, 6) is 1.39. The summed E-state index contributed by atoms with van der Waals surface area (Å²) in [6, 6.07) is 7.08. The van der Waals surface area contributed by atoms with Crippen molar-refractivity contribution in [2.24, 2.45) is 4.99 Å². The molecule has 3 heterocycles. The number of guanidine groups is 1. The molecule has 0 aromatic carbocycles. The minimum absolute atomic E-state index is 0. The lowest BCUT2D eigenvalue weighted by atomic mass is 10.1. The molecule has 4 nitrogen and oxygen atoms in total. The molecule has 2 aromatic heterocycles. The van der Waals surface area contributed by atoms with E-state index in [9.17, 15) is 0 Å². The van der Waals surface area contributed by atoms with Crippen molar-refractivity contribution in [3.05, 3.63) is 44.3 Å². The number of nitrogens with one attached hydrogen (secondary N) is 2. The van der Waals surface area contributed by atoms with E-state index in [1.165, 1.54) is 16.9 Å². The third-order valence-corrected chi connectivity index (χ3v) is 6.98. The molecule has 0 spiro atoms. The average molecular weight is 505 g/mol. The number of fused-ring (bicyclic) bond motifs is 1. The van der Waals surface area contributed by atoms with Gasteiger partial charge in [0.2, 0.25) is 0 Å². The highest BCUT2D eigenvalue weighted by atomic mass is 127. The Bertz CT molecular complexity index is 684. The van der Waals surface area contributed by atoms with Gasteiger partial charge in [-0.05, 0) is 41.8 Å². The largest absolute Gasteiger partial charge is 0.356 e. The highest BCUT2D eigenvalue weighted by Crippen LogP contribution is 2.25. The Balaban J connectivity index is 0.00000243. The van der Waals surface area contributed by atoms with Gasteiger partial charge in [0.1, 0.15) is 0 Å². The number of aliphatic imine (C=N–C) groups is 1. The molecule has 2 aromatic rings. The van der Waals surface area contributed by atoms with Crippen LogP contribution in [0.3, 0.4) is 0 Å². The Morgan fingerprint density at radius 2 is 2.00 bits per heavy atom. The van der Waals surface area contributed by atoms with Gasteiger partial charge in [-0.15, -0.1) is 46.7 Å². The summed E-state index contributed by atoms with van der Waals surface area (Å²) in [4.78, 5) is 9.91. The molecule has 2 N–H and O–H groups in total. The van der Waals surface area contributed by atoms with Gasteiger partial charge in [0.05, 0.1) is 0 Å². The first kappa shape index (κ1) is 21.7. The van der Waals surface area contributed by atoms with E-state index < -0.39 is 0 Å². The summed E-state index contributed by atoms with van der Waals surface area (Å²) >= 11 is 3.71. The van der Waals surface area contributed by atoms with Crippen LogP contribution >= 0.6 is 46.7 Å². The molecular formula is C19H29IN4S2. The standard InChI is InChI=1S/C19H28N4S2.HI/c1-14(17-5-4-9-24-17)11-21-19(20-3)22-12-15(2)23-8-6-18-16(13-23)7-10-25-18;/h4-5,7,9-10,14-15H,6,8,11-13H2,1-3H3,(H2,20,21,22);1H. The number of thiophene rings is 2. The van der Waals surface area contributed by atoms with Crippen molar-refractivity contribution in [3.8, 4) is 0 Å². The van der Waals surface area contributed by atoms with Crippen LogP contribution in [0.15, 0.2) is 34.0 Å². The maximum Gasteiger partial charge on any atom is 0.191 e. The summed E-state index contributed by atoms with van der Waals surface area (Å²) < 4.78 is 0. The second-order valence-electron chi connectivity index (χ2n) is 6.69. The number of hydrogen-bond acceptors (Lipinski definition) is 4. The van der Waals surface area contributed by atoms with Crippen LogP contribution < -0.4 is 10.6 Å². The SMILES string of the molecule is CN=C(NCC(C)c1cccs1)NCC(C)N1CCc2sccc2C1.I. The van der Waals surface area contributed by atoms with Gasteiger partial charge in [-0.3, -0.25) is 9.89 Å². The second kappa shape index (κ2) is 10.6. The molecule has 1 aliphatic rings. The third-order valence-electron chi connectivity index (χ3n) is 4.85. The Kier molecular flexibility index (Phi) is 8.86. The van der Waals surface area contributed by atoms with E-state index in [0.29, 0.717) is 12.0 Å². The summed E-state index contributed by atoms with van der Waals surface area (Å²) in [5.41, 5.74) is 1.51. The van der Waals surface area contributed by atoms with E-state index in [0.717, 1.165) is 32.1 Å². The van der Waals surface area contributed by atoms with E-state index in [2.05, 4.69) is 63.3 Å². The molecule has 2 atom stereocenters. The van der Waals surface area contributed by atoms with E-state index in [-0.39, 0.29) is 24.0 Å². The van der Waals surface area contributed by atoms with Crippen LogP contribution in [0.25, 0.3) is 0 Å². The van der Waals surface area contributed by atoms with Gasteiger partial charge in [0, 0.05) is 54.9 Å². The van der Waals surface area contributed by atoms with Crippen molar-refractivity contribution in [1.82, 2.24) is 15.5 Å². The molecule has 0 aliphatic carbocycles. The molecule has 0 bridgehead atoms. The van der Waals surface area contributed by atoms with Gasteiger partial charge in [0.25, 0.3) is 0 Å². The lowest BCUT2D eigenvalue weighted by Gasteiger charge is -2.32. The van der Waals surface area contributed by atoms with Crippen molar-refractivity contribution in [2.75, 3.05) is 26.7 Å². The number of rotatable bonds is 6. The van der Waals surface area contributed by atoms with E-state index >= 15 is 0 Å². The molecular weight excluding hydrogens is 475 g/mol. The molecule has 0 saturated carbocycles. The molecule has 0 radical (unpaired) electrons. The van der Waals surface area contributed by atoms with Crippen LogP contribution in [-0.4, -0.2) is 43.6 Å². The van der Waals surface area contributed by atoms with E-state index in [1.54, 1.807) is 4.88 Å². The molecule has 0 saturated heterocycles. The zero-order valence-corrected chi connectivity index (χ0v) is 19.7. The van der Waals surface area contributed by atoms with Crippen LogP contribution in [-0.2, 0) is 13.0 Å². The summed E-state index contributed by atoms with van der Waals surface area (Å²) in [6.45, 7) is 8.58. The normalized spacial score (nSPS) is 17.1. The summed E-state index contributed by atoms with van der Waals surface area (Å²) in [5, 5.41) is 11.3. The lowest BCUT2D eigenvalue weighted by Crippen LogP contribution is -2.47. The minimum atomic E-state index is 0. The predicted octanol–water partition coefficient (Wildman–Crippen LogP) is 4.14. The summed E-state index contributed by atoms with van der Waals surface area (Å²) in [7, 11) is 1.84. The maximum atomic E-state index is 4.37. The fourth-order valence-electron chi connectivity index (χ4n) is 3.16. The minimum Gasteiger partial charge on any atom is -0.356 e. The zero-order chi connectivity index (χ0) is 17.6. The van der Waals surface area contributed by atoms with E-state index in [1.807, 2.05) is 29.7 Å². The van der Waals surface area contributed by atoms with Crippen molar-refractivity contribution >= 4 is 52.6 Å². The Hall–Kier alpha value is -0.640. The highest BCUT2D eigenvalue weighted by Gasteiger charge is 2.21. The molecule has 7 heteroatoms. The van der Waals surface area contributed by atoms with Crippen LogP contribution in [0.1, 0.15) is 35.1 Å². The molecule has 0 fully saturated rings. The second-order valence-corrected chi connectivity index (χ2v) is 8.67. The third kappa shape index (κ3) is 5.68. The fraction of sp³-hybridized carbons (Fsp3) is 0.526. The smallest absolute Gasteiger partial charge is 0.191 e. The van der Waals surface area contributed by atoms with Gasteiger partial charge in [-0.1, -0.05) is 13.0 Å². The van der Waals surface area contributed by atoms with Gasteiger partial charge in [0.15, 0.2) is 5.96 Å². The molecule has 3 rings (SSSR count). The highest BCUT2D eigenvalue weighted by molar-refractivity contribution is 14.0. The quantitative estimate of drug-likeness (QED) is 0.353. The van der Waals surface area contributed by atoms with Gasteiger partial charge in [-0.2, -0.15) is 0 Å². The van der Waals surface area contributed by atoms with Crippen molar-refractivity contribution in [2.45, 2.75) is 38.8 Å². The molecule has 2 unspecified atom stereocenters. The molecule has 1 aliphatic heterocycles. The lowest BCUT2D eigenvalue weighted by molar-refractivity contribution is 0.192. The first-order chi connectivity index (χ1) is 12.2. The zero-order valence-electron chi connectivity index (χ0n) is 15.7. The Labute approximate surface area is 182 Å². The monoisotopic (exact) mass is 504 g/mol. The Morgan fingerprint density at radius 1 is 1.19 bits per heavy atom. The first-order valence-electron chi connectivity index (χ1n) is 8.94. The fourth-order valence-corrected chi connectivity index (χ4v) is 4.84. The van der Waals surface area contributed by atoms with Crippen LogP contribution in [0.4, 0.5) is 0 Å². The average Bonchev–Trinajstić information content (AvgIpc) is 3.32. The Morgan fingerprint density at radius 3 is 2.73 bits per heavy atom. The van der Waals surface area contributed by atoms with Crippen molar-refractivity contribution in [3.63, 3.8) is 0 Å². The topological polar surface area (TPSA) is 39.7 Å². The summed E-state index contributed by atoms with van der Waals surface area (Å²) in [6.07, 6.45) is 1.18. The van der Waals surface area contributed by atoms with E-state index in [4.69, 9.17) is 0 Å².